The van der Waals surface area contributed by atoms with Gasteiger partial charge in [-0.05, 0) is 35.8 Å². The zero-order valence-corrected chi connectivity index (χ0v) is 9.22. The van der Waals surface area contributed by atoms with E-state index in [0.29, 0.717) is 6.54 Å². The van der Waals surface area contributed by atoms with Crippen molar-refractivity contribution in [2.24, 2.45) is 10.7 Å². The zero-order valence-electron chi connectivity index (χ0n) is 9.22. The Balaban J connectivity index is 2.44. The largest absolute Gasteiger partial charge is 0.368 e. The van der Waals surface area contributed by atoms with Gasteiger partial charge in [0.15, 0.2) is 6.23 Å². The van der Waals surface area contributed by atoms with Crippen LogP contribution >= 0.6 is 0 Å². The van der Waals surface area contributed by atoms with Gasteiger partial charge in [-0.15, -0.1) is 0 Å². The number of aliphatic hydroxyl groups excluding tert-OH is 1. The van der Waals surface area contributed by atoms with Crippen LogP contribution in [0.3, 0.4) is 0 Å². The molecule has 3 N–H and O–H groups in total. The number of aliphatic imine (C=N–C) groups is 1. The van der Waals surface area contributed by atoms with Crippen molar-refractivity contribution in [1.82, 2.24) is 4.98 Å². The van der Waals surface area contributed by atoms with Crippen LogP contribution in [0.25, 0.3) is 5.57 Å². The lowest BCUT2D eigenvalue weighted by Crippen LogP contribution is -2.23. The second-order valence-electron chi connectivity index (χ2n) is 3.86. The number of aromatic nitrogens is 1. The van der Waals surface area contributed by atoms with Crippen LogP contribution in [0.1, 0.15) is 18.9 Å². The van der Waals surface area contributed by atoms with Gasteiger partial charge >= 0.3 is 0 Å². The second kappa shape index (κ2) is 4.55. The molecule has 0 amide bonds. The molecule has 0 bridgehead atoms. The van der Waals surface area contributed by atoms with Gasteiger partial charge in [0.1, 0.15) is 0 Å². The van der Waals surface area contributed by atoms with Crippen molar-refractivity contribution in [3.8, 4) is 0 Å². The van der Waals surface area contributed by atoms with Crippen molar-refractivity contribution in [3.05, 3.63) is 35.7 Å². The Morgan fingerprint density at radius 2 is 2.12 bits per heavy atom. The van der Waals surface area contributed by atoms with E-state index in [-0.39, 0.29) is 0 Å². The molecule has 84 valence electrons. The van der Waals surface area contributed by atoms with Crippen LogP contribution in [-0.2, 0) is 0 Å². The molecule has 1 aliphatic rings. The normalized spacial score (nSPS) is 20.9. The van der Waals surface area contributed by atoms with Crippen molar-refractivity contribution in [3.63, 3.8) is 0 Å². The Morgan fingerprint density at radius 1 is 1.44 bits per heavy atom. The van der Waals surface area contributed by atoms with Crippen LogP contribution in [0.15, 0.2) is 35.1 Å². The summed E-state index contributed by atoms with van der Waals surface area (Å²) < 4.78 is 0. The van der Waals surface area contributed by atoms with Crippen LogP contribution in [0.4, 0.5) is 0 Å². The van der Waals surface area contributed by atoms with Gasteiger partial charge in [0, 0.05) is 31.1 Å². The van der Waals surface area contributed by atoms with Crippen LogP contribution in [0.2, 0.25) is 0 Å². The molecular formula is C12H15N3O. The summed E-state index contributed by atoms with van der Waals surface area (Å²) >= 11 is 0. The zero-order chi connectivity index (χ0) is 11.5. The first-order valence-corrected chi connectivity index (χ1v) is 5.26. The van der Waals surface area contributed by atoms with Crippen molar-refractivity contribution in [2.45, 2.75) is 19.6 Å². The molecular weight excluding hydrogens is 202 g/mol. The lowest BCUT2D eigenvalue weighted by molar-refractivity contribution is 0.218. The number of allylic oxidation sites excluding steroid dienone is 1. The SMILES string of the molecule is CC1=NC(O)C(CN)=C(c2ccncc2)C1. The molecule has 4 nitrogen and oxygen atoms in total. The summed E-state index contributed by atoms with van der Waals surface area (Å²) in [5.74, 6) is 0. The third-order valence-electron chi connectivity index (χ3n) is 2.72. The minimum absolute atomic E-state index is 0.329. The number of dihydropyridines is 1. The fourth-order valence-corrected chi connectivity index (χ4v) is 1.93. The van der Waals surface area contributed by atoms with E-state index >= 15 is 0 Å². The molecule has 0 aliphatic carbocycles. The Labute approximate surface area is 94.5 Å². The van der Waals surface area contributed by atoms with Gasteiger partial charge in [-0.1, -0.05) is 0 Å². The summed E-state index contributed by atoms with van der Waals surface area (Å²) in [6.07, 6.45) is 3.43. The predicted molar refractivity (Wildman–Crippen MR) is 63.9 cm³/mol. The third kappa shape index (κ3) is 2.03. The number of nitrogens with two attached hydrogens (primary N) is 1. The maximum Gasteiger partial charge on any atom is 0.168 e. The quantitative estimate of drug-likeness (QED) is 0.775. The summed E-state index contributed by atoms with van der Waals surface area (Å²) in [4.78, 5) is 8.11. The molecule has 1 aliphatic heterocycles. The van der Waals surface area contributed by atoms with Gasteiger partial charge in [-0.2, -0.15) is 0 Å². The molecule has 16 heavy (non-hydrogen) atoms. The van der Waals surface area contributed by atoms with E-state index in [9.17, 15) is 5.11 Å². The monoisotopic (exact) mass is 217 g/mol. The van der Waals surface area contributed by atoms with E-state index in [1.807, 2.05) is 19.1 Å². The first-order chi connectivity index (χ1) is 7.72. The van der Waals surface area contributed by atoms with Crippen molar-refractivity contribution >= 4 is 11.3 Å². The highest BCUT2D eigenvalue weighted by Gasteiger charge is 2.20. The van der Waals surface area contributed by atoms with Gasteiger partial charge in [0.05, 0.1) is 0 Å². The number of pyridine rings is 1. The van der Waals surface area contributed by atoms with E-state index < -0.39 is 6.23 Å². The van der Waals surface area contributed by atoms with Crippen molar-refractivity contribution in [1.29, 1.82) is 0 Å². The molecule has 2 heterocycles. The lowest BCUT2D eigenvalue weighted by atomic mass is 9.92. The van der Waals surface area contributed by atoms with Gasteiger partial charge in [0.2, 0.25) is 0 Å². The summed E-state index contributed by atoms with van der Waals surface area (Å²) in [7, 11) is 0. The molecule has 1 aromatic rings. The van der Waals surface area contributed by atoms with E-state index in [4.69, 9.17) is 5.73 Å². The van der Waals surface area contributed by atoms with Crippen LogP contribution in [-0.4, -0.2) is 28.6 Å². The van der Waals surface area contributed by atoms with Gasteiger partial charge in [0.25, 0.3) is 0 Å². The number of rotatable bonds is 2. The minimum Gasteiger partial charge on any atom is -0.368 e. The molecule has 0 fully saturated rings. The summed E-state index contributed by atoms with van der Waals surface area (Å²) in [5.41, 5.74) is 9.53. The first kappa shape index (κ1) is 11.0. The Kier molecular flexibility index (Phi) is 3.12. The summed E-state index contributed by atoms with van der Waals surface area (Å²) in [6.45, 7) is 2.24. The highest BCUT2D eigenvalue weighted by molar-refractivity contribution is 5.95. The Bertz CT molecular complexity index is 437. The second-order valence-corrected chi connectivity index (χ2v) is 3.86. The molecule has 0 saturated carbocycles. The summed E-state index contributed by atoms with van der Waals surface area (Å²) in [6, 6.07) is 3.85. The van der Waals surface area contributed by atoms with Crippen LogP contribution in [0.5, 0.6) is 0 Å². The van der Waals surface area contributed by atoms with Gasteiger partial charge in [-0.3, -0.25) is 9.98 Å². The molecule has 0 aromatic carbocycles. The Morgan fingerprint density at radius 3 is 2.75 bits per heavy atom. The number of hydrogen-bond acceptors (Lipinski definition) is 4. The van der Waals surface area contributed by atoms with E-state index in [1.165, 1.54) is 0 Å². The molecule has 2 rings (SSSR count). The van der Waals surface area contributed by atoms with Crippen LogP contribution in [0, 0.1) is 0 Å². The van der Waals surface area contributed by atoms with Crippen molar-refractivity contribution < 1.29 is 5.11 Å². The fraction of sp³-hybridized carbons (Fsp3) is 0.333. The highest BCUT2D eigenvalue weighted by Crippen LogP contribution is 2.28. The van der Waals surface area contributed by atoms with Gasteiger partial charge in [-0.25, -0.2) is 0 Å². The van der Waals surface area contributed by atoms with E-state index in [2.05, 4.69) is 9.98 Å². The third-order valence-corrected chi connectivity index (χ3v) is 2.72. The Hall–Kier alpha value is -1.52. The number of aliphatic hydroxyl groups is 1. The minimum atomic E-state index is -0.790. The molecule has 0 saturated heterocycles. The highest BCUT2D eigenvalue weighted by atomic mass is 16.3. The predicted octanol–water partition coefficient (Wildman–Crippen LogP) is 0.977. The lowest BCUT2D eigenvalue weighted by Gasteiger charge is -2.22. The van der Waals surface area contributed by atoms with E-state index in [0.717, 1.165) is 28.8 Å². The summed E-state index contributed by atoms with van der Waals surface area (Å²) in [5, 5.41) is 9.83. The molecule has 1 aromatic heterocycles. The van der Waals surface area contributed by atoms with Crippen molar-refractivity contribution in [2.75, 3.05) is 6.54 Å². The molecule has 4 heteroatoms. The maximum absolute atomic E-state index is 9.83. The topological polar surface area (TPSA) is 71.5 Å². The standard InChI is InChI=1S/C12H15N3O/c1-8-6-10(9-2-4-14-5-3-9)11(7-13)12(16)15-8/h2-5,12,16H,6-7,13H2,1H3. The smallest absolute Gasteiger partial charge is 0.168 e. The molecule has 0 spiro atoms. The van der Waals surface area contributed by atoms with Gasteiger partial charge < -0.3 is 10.8 Å². The molecule has 0 radical (unpaired) electrons. The maximum atomic E-state index is 9.83. The average Bonchev–Trinajstić information content (AvgIpc) is 2.29. The molecule has 1 unspecified atom stereocenters. The first-order valence-electron chi connectivity index (χ1n) is 5.26. The molecule has 1 atom stereocenters. The average molecular weight is 217 g/mol. The number of nitrogens with zero attached hydrogens (tertiary/aromatic N) is 2. The fourth-order valence-electron chi connectivity index (χ4n) is 1.93. The number of hydrogen-bond donors (Lipinski definition) is 2. The van der Waals surface area contributed by atoms with E-state index in [1.54, 1.807) is 12.4 Å². The van der Waals surface area contributed by atoms with Crippen LogP contribution < -0.4 is 5.73 Å².